The molecule has 0 saturated heterocycles. The van der Waals surface area contributed by atoms with E-state index < -0.39 is 17.2 Å². The van der Waals surface area contributed by atoms with E-state index in [1.54, 1.807) is 18.2 Å². The second kappa shape index (κ2) is 4.87. The number of nitrogens with one attached hydrogen (secondary N) is 1. The number of carbonyl (C=O) groups excluding carboxylic acids is 2. The van der Waals surface area contributed by atoms with Crippen molar-refractivity contribution in [3.05, 3.63) is 28.2 Å². The first kappa shape index (κ1) is 13.7. The van der Waals surface area contributed by atoms with Crippen LogP contribution >= 0.6 is 15.9 Å². The summed E-state index contributed by atoms with van der Waals surface area (Å²) in [6.07, 6.45) is 0. The fraction of sp³-hybridized carbons (Fsp3) is 0.333. The van der Waals surface area contributed by atoms with Gasteiger partial charge >= 0.3 is 0 Å². The molecule has 0 radical (unpaired) electrons. The van der Waals surface area contributed by atoms with Gasteiger partial charge in [-0.1, -0.05) is 15.9 Å². The number of Topliss-reactive ketones (excluding diaryl/α,β-unsaturated/α-hetero) is 1. The molecule has 0 aromatic heterocycles. The smallest absolute Gasteiger partial charge is 0.292 e. The van der Waals surface area contributed by atoms with Crippen LogP contribution in [0.5, 0.6) is 0 Å². The second-order valence-electron chi connectivity index (χ2n) is 4.76. The fourth-order valence-electron chi connectivity index (χ4n) is 1.24. The molecule has 4 nitrogen and oxygen atoms in total. The lowest BCUT2D eigenvalue weighted by molar-refractivity contribution is -0.118. The predicted octanol–water partition coefficient (Wildman–Crippen LogP) is 2.13. The maximum Gasteiger partial charge on any atom is 0.292 e. The number of rotatable bonds is 2. The maximum absolute atomic E-state index is 11.9. The normalized spacial score (nSPS) is 11.1. The number of benzene rings is 1. The van der Waals surface area contributed by atoms with Gasteiger partial charge in [0, 0.05) is 15.7 Å². The number of nitrogen functional groups attached to an aromatic ring is 1. The van der Waals surface area contributed by atoms with Gasteiger partial charge in [0.1, 0.15) is 0 Å². The first-order valence-corrected chi connectivity index (χ1v) is 5.92. The molecule has 0 fully saturated rings. The molecule has 5 heteroatoms. The summed E-state index contributed by atoms with van der Waals surface area (Å²) in [7, 11) is 0. The first-order chi connectivity index (χ1) is 7.70. The van der Waals surface area contributed by atoms with Gasteiger partial charge in [0.2, 0.25) is 0 Å². The van der Waals surface area contributed by atoms with Gasteiger partial charge in [0.15, 0.2) is 0 Å². The van der Waals surface area contributed by atoms with Crippen molar-refractivity contribution < 1.29 is 9.59 Å². The van der Waals surface area contributed by atoms with Crippen molar-refractivity contribution in [2.75, 3.05) is 5.73 Å². The third-order valence-corrected chi connectivity index (χ3v) is 2.45. The number of carbonyl (C=O) groups is 2. The highest BCUT2D eigenvalue weighted by molar-refractivity contribution is 9.10. The van der Waals surface area contributed by atoms with Crippen molar-refractivity contribution in [2.45, 2.75) is 26.3 Å². The standard InChI is InChI=1S/C12H15BrN2O2/c1-12(2,3)15-11(17)10(16)8-6-7(13)4-5-9(8)14/h4-6H,14H2,1-3H3,(H,15,17). The molecule has 0 aliphatic heterocycles. The van der Waals surface area contributed by atoms with Crippen LogP contribution in [0.1, 0.15) is 31.1 Å². The fourth-order valence-corrected chi connectivity index (χ4v) is 1.61. The van der Waals surface area contributed by atoms with Crippen LogP contribution in [0.3, 0.4) is 0 Å². The molecule has 0 bridgehead atoms. The molecular weight excluding hydrogens is 284 g/mol. The number of anilines is 1. The lowest BCUT2D eigenvalue weighted by Crippen LogP contribution is -2.44. The summed E-state index contributed by atoms with van der Waals surface area (Å²) in [5, 5.41) is 2.60. The topological polar surface area (TPSA) is 72.2 Å². The molecule has 0 heterocycles. The van der Waals surface area contributed by atoms with E-state index >= 15 is 0 Å². The van der Waals surface area contributed by atoms with Gasteiger partial charge in [0.25, 0.3) is 11.7 Å². The zero-order valence-corrected chi connectivity index (χ0v) is 11.6. The average Bonchev–Trinajstić information content (AvgIpc) is 2.18. The van der Waals surface area contributed by atoms with Crippen molar-refractivity contribution in [3.63, 3.8) is 0 Å². The van der Waals surface area contributed by atoms with Gasteiger partial charge < -0.3 is 11.1 Å². The Morgan fingerprint density at radius 2 is 1.88 bits per heavy atom. The minimum absolute atomic E-state index is 0.209. The Kier molecular flexibility index (Phi) is 3.93. The van der Waals surface area contributed by atoms with E-state index in [4.69, 9.17) is 5.73 Å². The number of amides is 1. The molecule has 0 spiro atoms. The van der Waals surface area contributed by atoms with E-state index in [1.807, 2.05) is 20.8 Å². The van der Waals surface area contributed by atoms with Gasteiger partial charge in [-0.3, -0.25) is 9.59 Å². The third-order valence-electron chi connectivity index (χ3n) is 1.95. The van der Waals surface area contributed by atoms with Gasteiger partial charge in [-0.25, -0.2) is 0 Å². The van der Waals surface area contributed by atoms with Crippen LogP contribution in [-0.2, 0) is 4.79 Å². The van der Waals surface area contributed by atoms with E-state index in [9.17, 15) is 9.59 Å². The highest BCUT2D eigenvalue weighted by Crippen LogP contribution is 2.19. The highest BCUT2D eigenvalue weighted by Gasteiger charge is 2.23. The molecule has 1 amide bonds. The van der Waals surface area contributed by atoms with E-state index in [2.05, 4.69) is 21.2 Å². The summed E-state index contributed by atoms with van der Waals surface area (Å²) in [4.78, 5) is 23.6. The molecule has 0 unspecified atom stereocenters. The van der Waals surface area contributed by atoms with Crippen LogP contribution in [0.4, 0.5) is 5.69 Å². The quantitative estimate of drug-likeness (QED) is 0.499. The Morgan fingerprint density at radius 3 is 2.41 bits per heavy atom. The van der Waals surface area contributed by atoms with E-state index in [0.29, 0.717) is 10.2 Å². The molecule has 0 saturated carbocycles. The molecule has 1 rings (SSSR count). The molecule has 92 valence electrons. The second-order valence-corrected chi connectivity index (χ2v) is 5.68. The van der Waals surface area contributed by atoms with Crippen LogP contribution < -0.4 is 11.1 Å². The van der Waals surface area contributed by atoms with Crippen LogP contribution in [0.25, 0.3) is 0 Å². The first-order valence-electron chi connectivity index (χ1n) is 5.12. The van der Waals surface area contributed by atoms with Crippen molar-refractivity contribution >= 4 is 33.3 Å². The molecule has 3 N–H and O–H groups in total. The SMILES string of the molecule is CC(C)(C)NC(=O)C(=O)c1cc(Br)ccc1N. The zero-order chi connectivity index (χ0) is 13.2. The number of halogens is 1. The van der Waals surface area contributed by atoms with Gasteiger partial charge in [-0.05, 0) is 39.0 Å². The van der Waals surface area contributed by atoms with Crippen molar-refractivity contribution in [1.82, 2.24) is 5.32 Å². The van der Waals surface area contributed by atoms with Crippen molar-refractivity contribution in [3.8, 4) is 0 Å². The Morgan fingerprint density at radius 1 is 1.29 bits per heavy atom. The number of hydrogen-bond acceptors (Lipinski definition) is 3. The summed E-state index contributed by atoms with van der Waals surface area (Å²) < 4.78 is 0.707. The lowest BCUT2D eigenvalue weighted by atomic mass is 10.1. The maximum atomic E-state index is 11.9. The average molecular weight is 299 g/mol. The minimum Gasteiger partial charge on any atom is -0.398 e. The van der Waals surface area contributed by atoms with E-state index in [1.165, 1.54) is 0 Å². The Balaban J connectivity index is 2.97. The van der Waals surface area contributed by atoms with Gasteiger partial charge in [0.05, 0.1) is 5.56 Å². The third kappa shape index (κ3) is 3.85. The molecule has 1 aromatic rings. The number of ketones is 1. The van der Waals surface area contributed by atoms with E-state index in [-0.39, 0.29) is 5.56 Å². The van der Waals surface area contributed by atoms with Crippen LogP contribution in [0.2, 0.25) is 0 Å². The Hall–Kier alpha value is -1.36. The Labute approximate surface area is 109 Å². The lowest BCUT2D eigenvalue weighted by Gasteiger charge is -2.20. The molecular formula is C12H15BrN2O2. The summed E-state index contributed by atoms with van der Waals surface area (Å²) in [6, 6.07) is 4.84. The molecule has 0 atom stereocenters. The molecule has 0 aliphatic carbocycles. The molecule has 17 heavy (non-hydrogen) atoms. The zero-order valence-electron chi connectivity index (χ0n) is 10.0. The predicted molar refractivity (Wildman–Crippen MR) is 70.8 cm³/mol. The summed E-state index contributed by atoms with van der Waals surface area (Å²) in [6.45, 7) is 5.42. The Bertz CT molecular complexity index is 464. The van der Waals surface area contributed by atoms with Crippen LogP contribution in [0.15, 0.2) is 22.7 Å². The largest absolute Gasteiger partial charge is 0.398 e. The van der Waals surface area contributed by atoms with Gasteiger partial charge in [-0.2, -0.15) is 0 Å². The molecule has 0 aliphatic rings. The summed E-state index contributed by atoms with van der Waals surface area (Å²) >= 11 is 3.24. The highest BCUT2D eigenvalue weighted by atomic mass is 79.9. The summed E-state index contributed by atoms with van der Waals surface area (Å²) in [5.41, 5.74) is 5.72. The van der Waals surface area contributed by atoms with Crippen molar-refractivity contribution in [1.29, 1.82) is 0 Å². The van der Waals surface area contributed by atoms with Crippen LogP contribution in [0, 0.1) is 0 Å². The minimum atomic E-state index is -0.651. The summed E-state index contributed by atoms with van der Waals surface area (Å²) in [5.74, 6) is -1.28. The molecule has 1 aromatic carbocycles. The number of hydrogen-bond donors (Lipinski definition) is 2. The van der Waals surface area contributed by atoms with Crippen molar-refractivity contribution in [2.24, 2.45) is 0 Å². The van der Waals surface area contributed by atoms with E-state index in [0.717, 1.165) is 0 Å². The number of nitrogens with two attached hydrogens (primary N) is 1. The van der Waals surface area contributed by atoms with Crippen LogP contribution in [-0.4, -0.2) is 17.2 Å². The van der Waals surface area contributed by atoms with Gasteiger partial charge in [-0.15, -0.1) is 0 Å². The monoisotopic (exact) mass is 298 g/mol.